The Morgan fingerprint density at radius 1 is 0.917 bits per heavy atom. The maximum Gasteiger partial charge on any atom is 0.174 e. The monoisotopic (exact) mass is 326 g/mol. The first-order chi connectivity index (χ1) is 11.5. The van der Waals surface area contributed by atoms with Gasteiger partial charge in [0.15, 0.2) is 17.3 Å². The standard InChI is InChI=1S/C19H18O5/c1-3-16(20)13-6-9-17(21)15(10-13)19(23)11-18(22)12-4-7-14(24-2)8-5-12/h4-10,21H,3,11H2,1-2H3. The Kier molecular flexibility index (Phi) is 5.47. The van der Waals surface area contributed by atoms with Crippen LogP contribution in [0.4, 0.5) is 0 Å². The molecule has 0 amide bonds. The lowest BCUT2D eigenvalue weighted by molar-refractivity contribution is 0.0892. The van der Waals surface area contributed by atoms with Gasteiger partial charge in [0.25, 0.3) is 0 Å². The summed E-state index contributed by atoms with van der Waals surface area (Å²) in [5.41, 5.74) is 0.705. The van der Waals surface area contributed by atoms with Crippen LogP contribution >= 0.6 is 0 Å². The van der Waals surface area contributed by atoms with Crippen molar-refractivity contribution in [3.05, 3.63) is 59.2 Å². The SMILES string of the molecule is CCC(=O)c1ccc(O)c(C(=O)CC(=O)c2ccc(OC)cc2)c1. The molecule has 1 N–H and O–H groups in total. The van der Waals surface area contributed by atoms with Gasteiger partial charge in [-0.3, -0.25) is 14.4 Å². The van der Waals surface area contributed by atoms with E-state index in [0.29, 0.717) is 23.3 Å². The maximum atomic E-state index is 12.3. The predicted octanol–water partition coefficient (Wildman–Crippen LogP) is 3.45. The van der Waals surface area contributed by atoms with Crippen molar-refractivity contribution < 1.29 is 24.2 Å². The van der Waals surface area contributed by atoms with Gasteiger partial charge >= 0.3 is 0 Å². The van der Waals surface area contributed by atoms with Gasteiger partial charge in [-0.2, -0.15) is 0 Å². The zero-order valence-corrected chi connectivity index (χ0v) is 13.5. The summed E-state index contributed by atoms with van der Waals surface area (Å²) < 4.78 is 5.02. The van der Waals surface area contributed by atoms with Crippen molar-refractivity contribution in [1.29, 1.82) is 0 Å². The van der Waals surface area contributed by atoms with Gasteiger partial charge in [0, 0.05) is 17.5 Å². The topological polar surface area (TPSA) is 80.7 Å². The molecule has 5 heteroatoms. The second-order valence-corrected chi connectivity index (χ2v) is 5.26. The molecule has 0 unspecified atom stereocenters. The van der Waals surface area contributed by atoms with E-state index in [1.54, 1.807) is 31.2 Å². The molecule has 0 heterocycles. The number of methoxy groups -OCH3 is 1. The Labute approximate surface area is 139 Å². The van der Waals surface area contributed by atoms with Gasteiger partial charge in [0.2, 0.25) is 0 Å². The third-order valence-electron chi connectivity index (χ3n) is 3.67. The Bertz CT molecular complexity index is 775. The molecule has 0 saturated carbocycles. The summed E-state index contributed by atoms with van der Waals surface area (Å²) in [6, 6.07) is 10.5. The zero-order chi connectivity index (χ0) is 17.7. The van der Waals surface area contributed by atoms with Crippen molar-refractivity contribution in [3.63, 3.8) is 0 Å². The number of ketones is 3. The van der Waals surface area contributed by atoms with Gasteiger partial charge in [-0.25, -0.2) is 0 Å². The molecule has 0 atom stereocenters. The van der Waals surface area contributed by atoms with Crippen LogP contribution < -0.4 is 4.74 Å². The van der Waals surface area contributed by atoms with Crippen molar-refractivity contribution >= 4 is 17.3 Å². The minimum atomic E-state index is -0.529. The van der Waals surface area contributed by atoms with E-state index in [1.807, 2.05) is 0 Å². The van der Waals surface area contributed by atoms with Gasteiger partial charge in [-0.1, -0.05) is 6.92 Å². The van der Waals surface area contributed by atoms with E-state index in [1.165, 1.54) is 25.3 Å². The molecule has 0 aliphatic rings. The second kappa shape index (κ2) is 7.55. The summed E-state index contributed by atoms with van der Waals surface area (Å²) >= 11 is 0. The predicted molar refractivity (Wildman–Crippen MR) is 89.0 cm³/mol. The molecule has 24 heavy (non-hydrogen) atoms. The smallest absolute Gasteiger partial charge is 0.174 e. The molecule has 2 rings (SSSR count). The number of rotatable bonds is 7. The first-order valence-corrected chi connectivity index (χ1v) is 7.53. The summed E-state index contributed by atoms with van der Waals surface area (Å²) in [5, 5.41) is 9.85. The minimum absolute atomic E-state index is 0.0174. The lowest BCUT2D eigenvalue weighted by Crippen LogP contribution is -2.10. The van der Waals surface area contributed by atoms with E-state index in [4.69, 9.17) is 4.74 Å². The Morgan fingerprint density at radius 3 is 2.12 bits per heavy atom. The molecule has 0 aliphatic carbocycles. The molecule has 0 bridgehead atoms. The van der Waals surface area contributed by atoms with Gasteiger partial charge < -0.3 is 9.84 Å². The summed E-state index contributed by atoms with van der Waals surface area (Å²) in [4.78, 5) is 36.3. The van der Waals surface area contributed by atoms with Crippen LogP contribution in [0.1, 0.15) is 50.8 Å². The average Bonchev–Trinajstić information content (AvgIpc) is 2.61. The molecular formula is C19H18O5. The van der Waals surface area contributed by atoms with E-state index in [0.717, 1.165) is 0 Å². The van der Waals surface area contributed by atoms with E-state index in [9.17, 15) is 19.5 Å². The van der Waals surface area contributed by atoms with E-state index in [2.05, 4.69) is 0 Å². The van der Waals surface area contributed by atoms with Crippen LogP contribution in [0.15, 0.2) is 42.5 Å². The highest BCUT2D eigenvalue weighted by Crippen LogP contribution is 2.22. The minimum Gasteiger partial charge on any atom is -0.507 e. The fraction of sp³-hybridized carbons (Fsp3) is 0.211. The average molecular weight is 326 g/mol. The van der Waals surface area contributed by atoms with Crippen molar-refractivity contribution in [3.8, 4) is 11.5 Å². The number of aromatic hydroxyl groups is 1. The summed E-state index contributed by atoms with van der Waals surface area (Å²) in [5.74, 6) is -0.657. The number of Topliss-reactive ketones (excluding diaryl/α,β-unsaturated/α-hetero) is 3. The highest BCUT2D eigenvalue weighted by molar-refractivity contribution is 6.15. The number of carbonyl (C=O) groups excluding carboxylic acids is 3. The van der Waals surface area contributed by atoms with Crippen LogP contribution in [0.3, 0.4) is 0 Å². The summed E-state index contributed by atoms with van der Waals surface area (Å²) in [7, 11) is 1.52. The highest BCUT2D eigenvalue weighted by Gasteiger charge is 2.18. The molecule has 0 radical (unpaired) electrons. The highest BCUT2D eigenvalue weighted by atomic mass is 16.5. The molecule has 124 valence electrons. The van der Waals surface area contributed by atoms with Crippen LogP contribution in [-0.4, -0.2) is 29.6 Å². The molecule has 2 aromatic carbocycles. The lowest BCUT2D eigenvalue weighted by Gasteiger charge is -2.07. The van der Waals surface area contributed by atoms with Crippen LogP contribution in [0.25, 0.3) is 0 Å². The van der Waals surface area contributed by atoms with Gasteiger partial charge in [-0.05, 0) is 42.5 Å². The summed E-state index contributed by atoms with van der Waals surface area (Å²) in [6.45, 7) is 1.71. The number of hydrogen-bond acceptors (Lipinski definition) is 5. The van der Waals surface area contributed by atoms with E-state index < -0.39 is 5.78 Å². The second-order valence-electron chi connectivity index (χ2n) is 5.26. The summed E-state index contributed by atoms with van der Waals surface area (Å²) in [6.07, 6.45) is -0.0904. The zero-order valence-electron chi connectivity index (χ0n) is 13.5. The largest absolute Gasteiger partial charge is 0.507 e. The van der Waals surface area contributed by atoms with E-state index >= 15 is 0 Å². The third-order valence-corrected chi connectivity index (χ3v) is 3.67. The first-order valence-electron chi connectivity index (χ1n) is 7.53. The van der Waals surface area contributed by atoms with Crippen molar-refractivity contribution in [1.82, 2.24) is 0 Å². The van der Waals surface area contributed by atoms with Crippen LogP contribution in [0.2, 0.25) is 0 Å². The fourth-order valence-corrected chi connectivity index (χ4v) is 2.26. The number of benzene rings is 2. The number of carbonyl (C=O) groups is 3. The molecular weight excluding hydrogens is 308 g/mol. The van der Waals surface area contributed by atoms with Gasteiger partial charge in [-0.15, -0.1) is 0 Å². The first kappa shape index (κ1) is 17.4. The van der Waals surface area contributed by atoms with Gasteiger partial charge in [0.1, 0.15) is 11.5 Å². The van der Waals surface area contributed by atoms with Crippen molar-refractivity contribution in [2.24, 2.45) is 0 Å². The maximum absolute atomic E-state index is 12.3. The molecule has 0 saturated heterocycles. The Hall–Kier alpha value is -2.95. The number of hydrogen-bond donors (Lipinski definition) is 1. The molecule has 0 fully saturated rings. The molecule has 0 aliphatic heterocycles. The van der Waals surface area contributed by atoms with Crippen molar-refractivity contribution in [2.75, 3.05) is 7.11 Å². The van der Waals surface area contributed by atoms with Crippen LogP contribution in [0.5, 0.6) is 11.5 Å². The van der Waals surface area contributed by atoms with Crippen LogP contribution in [-0.2, 0) is 0 Å². The molecule has 0 spiro atoms. The number of phenolic OH excluding ortho intramolecular Hbond substituents is 1. The fourth-order valence-electron chi connectivity index (χ4n) is 2.26. The molecule has 0 aromatic heterocycles. The molecule has 2 aromatic rings. The van der Waals surface area contributed by atoms with Crippen molar-refractivity contribution in [2.45, 2.75) is 19.8 Å². The molecule has 5 nitrogen and oxygen atoms in total. The number of phenols is 1. The van der Waals surface area contributed by atoms with Gasteiger partial charge in [0.05, 0.1) is 19.1 Å². The third kappa shape index (κ3) is 3.87. The lowest BCUT2D eigenvalue weighted by atomic mass is 9.98. The Balaban J connectivity index is 2.19. The van der Waals surface area contributed by atoms with Crippen LogP contribution in [0, 0.1) is 0 Å². The normalized spacial score (nSPS) is 10.2. The quantitative estimate of drug-likeness (QED) is 0.622. The van der Waals surface area contributed by atoms with E-state index in [-0.39, 0.29) is 29.3 Å². The number of ether oxygens (including phenoxy) is 1. The Morgan fingerprint density at radius 2 is 1.54 bits per heavy atom.